The van der Waals surface area contributed by atoms with Gasteiger partial charge in [0.15, 0.2) is 0 Å². The zero-order valence-corrected chi connectivity index (χ0v) is 10.7. The van der Waals surface area contributed by atoms with Gasteiger partial charge in [0.2, 0.25) is 0 Å². The molecule has 0 amide bonds. The van der Waals surface area contributed by atoms with E-state index in [-0.39, 0.29) is 5.84 Å². The molecule has 1 saturated heterocycles. The molecule has 0 aromatic heterocycles. The van der Waals surface area contributed by atoms with Gasteiger partial charge in [0, 0.05) is 18.7 Å². The lowest BCUT2D eigenvalue weighted by Gasteiger charge is -2.20. The number of nitrogens with zero attached hydrogens (tertiary/aromatic N) is 1. The Morgan fingerprint density at radius 2 is 2.12 bits per heavy atom. The smallest absolute Gasteiger partial charge is 0.123 e. The fraction of sp³-hybridized carbons (Fsp3) is 0.500. The Morgan fingerprint density at radius 1 is 1.41 bits per heavy atom. The largest absolute Gasteiger partial charge is 0.384 e. The minimum atomic E-state index is 0.166. The Hall–Kier alpha value is -1.35. The van der Waals surface area contributed by atoms with Gasteiger partial charge in [-0.3, -0.25) is 10.3 Å². The second kappa shape index (κ2) is 4.49. The summed E-state index contributed by atoms with van der Waals surface area (Å²) < 4.78 is 0. The van der Waals surface area contributed by atoms with Gasteiger partial charge in [-0.05, 0) is 23.9 Å². The third-order valence-corrected chi connectivity index (χ3v) is 3.46. The fourth-order valence-corrected chi connectivity index (χ4v) is 2.52. The van der Waals surface area contributed by atoms with Gasteiger partial charge in [-0.15, -0.1) is 0 Å². The van der Waals surface area contributed by atoms with E-state index in [0.29, 0.717) is 5.41 Å². The van der Waals surface area contributed by atoms with E-state index in [2.05, 4.69) is 24.8 Å². The van der Waals surface area contributed by atoms with Crippen LogP contribution in [0, 0.1) is 10.8 Å². The summed E-state index contributed by atoms with van der Waals surface area (Å²) in [7, 11) is 0. The predicted octanol–water partition coefficient (Wildman–Crippen LogP) is 2.20. The number of nitrogens with two attached hydrogens (primary N) is 1. The number of hydrogen-bond donors (Lipinski definition) is 2. The van der Waals surface area contributed by atoms with Crippen LogP contribution < -0.4 is 5.73 Å². The van der Waals surface area contributed by atoms with Crippen LogP contribution in [0.4, 0.5) is 0 Å². The molecule has 92 valence electrons. The number of amidine groups is 1. The molecule has 2 rings (SSSR count). The first-order chi connectivity index (χ1) is 7.98. The van der Waals surface area contributed by atoms with Crippen molar-refractivity contribution in [3.05, 3.63) is 35.4 Å². The van der Waals surface area contributed by atoms with Crippen LogP contribution in [-0.2, 0) is 6.54 Å². The van der Waals surface area contributed by atoms with Crippen molar-refractivity contribution in [3.63, 3.8) is 0 Å². The first-order valence-electron chi connectivity index (χ1n) is 6.13. The molecular formula is C14H21N3. The average molecular weight is 231 g/mol. The molecule has 0 unspecified atom stereocenters. The SMILES string of the molecule is CC1(C)CCN(Cc2ccccc2C(=N)N)C1. The highest BCUT2D eigenvalue weighted by Crippen LogP contribution is 2.30. The van der Waals surface area contributed by atoms with Crippen molar-refractivity contribution in [1.82, 2.24) is 4.90 Å². The lowest BCUT2D eigenvalue weighted by atomic mass is 9.93. The molecule has 3 N–H and O–H groups in total. The van der Waals surface area contributed by atoms with Crippen LogP contribution in [-0.4, -0.2) is 23.8 Å². The summed E-state index contributed by atoms with van der Waals surface area (Å²) in [6.07, 6.45) is 1.25. The molecule has 1 aliphatic heterocycles. The molecule has 17 heavy (non-hydrogen) atoms. The topological polar surface area (TPSA) is 53.1 Å². The molecule has 0 radical (unpaired) electrons. The van der Waals surface area contributed by atoms with Crippen molar-refractivity contribution in [2.24, 2.45) is 11.1 Å². The van der Waals surface area contributed by atoms with Gasteiger partial charge in [0.25, 0.3) is 0 Å². The van der Waals surface area contributed by atoms with Gasteiger partial charge >= 0.3 is 0 Å². The number of likely N-dealkylation sites (tertiary alicyclic amines) is 1. The normalized spacial score (nSPS) is 19.4. The Bertz CT molecular complexity index is 423. The molecule has 0 bridgehead atoms. The number of nitrogen functional groups attached to an aromatic ring is 1. The molecule has 3 nitrogen and oxygen atoms in total. The van der Waals surface area contributed by atoms with E-state index in [1.807, 2.05) is 18.2 Å². The van der Waals surface area contributed by atoms with Crippen LogP contribution in [0.15, 0.2) is 24.3 Å². The third kappa shape index (κ3) is 2.86. The van der Waals surface area contributed by atoms with Gasteiger partial charge < -0.3 is 5.73 Å². The summed E-state index contributed by atoms with van der Waals surface area (Å²) in [4.78, 5) is 2.45. The Labute approximate surface area is 103 Å². The summed E-state index contributed by atoms with van der Waals surface area (Å²) in [6.45, 7) is 7.78. The molecule has 1 fully saturated rings. The van der Waals surface area contributed by atoms with E-state index >= 15 is 0 Å². The van der Waals surface area contributed by atoms with Crippen LogP contribution in [0.5, 0.6) is 0 Å². The molecule has 1 aliphatic rings. The van der Waals surface area contributed by atoms with E-state index in [0.717, 1.165) is 30.8 Å². The van der Waals surface area contributed by atoms with E-state index in [1.165, 1.54) is 6.42 Å². The summed E-state index contributed by atoms with van der Waals surface area (Å²) in [5.74, 6) is 0.166. The molecule has 1 aromatic rings. The van der Waals surface area contributed by atoms with Gasteiger partial charge in [-0.2, -0.15) is 0 Å². The average Bonchev–Trinajstić information content (AvgIpc) is 2.58. The minimum Gasteiger partial charge on any atom is -0.384 e. The molecule has 0 atom stereocenters. The summed E-state index contributed by atoms with van der Waals surface area (Å²) in [5, 5.41) is 7.59. The summed E-state index contributed by atoms with van der Waals surface area (Å²) in [5.41, 5.74) is 8.07. The lowest BCUT2D eigenvalue weighted by Crippen LogP contribution is -2.24. The molecular weight excluding hydrogens is 210 g/mol. The van der Waals surface area contributed by atoms with Crippen LogP contribution in [0.25, 0.3) is 0 Å². The maximum Gasteiger partial charge on any atom is 0.123 e. The second-order valence-corrected chi connectivity index (χ2v) is 5.70. The molecule has 0 saturated carbocycles. The number of benzene rings is 1. The van der Waals surface area contributed by atoms with E-state index in [4.69, 9.17) is 11.1 Å². The van der Waals surface area contributed by atoms with E-state index in [9.17, 15) is 0 Å². The maximum atomic E-state index is 7.59. The number of rotatable bonds is 3. The van der Waals surface area contributed by atoms with Crippen LogP contribution in [0.2, 0.25) is 0 Å². The molecule has 1 heterocycles. The Kier molecular flexibility index (Phi) is 3.20. The Morgan fingerprint density at radius 3 is 2.71 bits per heavy atom. The highest BCUT2D eigenvalue weighted by molar-refractivity contribution is 5.96. The van der Waals surface area contributed by atoms with Gasteiger partial charge in [0.1, 0.15) is 5.84 Å². The maximum absolute atomic E-state index is 7.59. The standard InChI is InChI=1S/C14H21N3/c1-14(2)7-8-17(10-14)9-11-5-3-4-6-12(11)13(15)16/h3-6H,7-10H2,1-2H3,(H3,15,16). The summed E-state index contributed by atoms with van der Waals surface area (Å²) in [6, 6.07) is 7.96. The molecule has 0 spiro atoms. The summed E-state index contributed by atoms with van der Waals surface area (Å²) >= 11 is 0. The number of nitrogens with one attached hydrogen (secondary N) is 1. The van der Waals surface area contributed by atoms with Crippen LogP contribution >= 0.6 is 0 Å². The molecule has 1 aromatic carbocycles. The van der Waals surface area contributed by atoms with Gasteiger partial charge in [0.05, 0.1) is 0 Å². The zero-order valence-electron chi connectivity index (χ0n) is 10.7. The van der Waals surface area contributed by atoms with Crippen molar-refractivity contribution in [1.29, 1.82) is 5.41 Å². The highest BCUT2D eigenvalue weighted by atomic mass is 15.1. The number of hydrogen-bond acceptors (Lipinski definition) is 2. The second-order valence-electron chi connectivity index (χ2n) is 5.70. The lowest BCUT2D eigenvalue weighted by molar-refractivity contribution is 0.284. The van der Waals surface area contributed by atoms with Crippen molar-refractivity contribution in [2.45, 2.75) is 26.8 Å². The van der Waals surface area contributed by atoms with E-state index < -0.39 is 0 Å². The zero-order chi connectivity index (χ0) is 12.5. The first-order valence-corrected chi connectivity index (χ1v) is 6.13. The quantitative estimate of drug-likeness (QED) is 0.619. The fourth-order valence-electron chi connectivity index (χ4n) is 2.52. The van der Waals surface area contributed by atoms with Crippen molar-refractivity contribution in [3.8, 4) is 0 Å². The van der Waals surface area contributed by atoms with Crippen molar-refractivity contribution >= 4 is 5.84 Å². The van der Waals surface area contributed by atoms with E-state index in [1.54, 1.807) is 0 Å². The monoisotopic (exact) mass is 231 g/mol. The molecule has 0 aliphatic carbocycles. The minimum absolute atomic E-state index is 0.166. The predicted molar refractivity (Wildman–Crippen MR) is 71.1 cm³/mol. The Balaban J connectivity index is 2.12. The van der Waals surface area contributed by atoms with Gasteiger partial charge in [-0.25, -0.2) is 0 Å². The van der Waals surface area contributed by atoms with Gasteiger partial charge in [-0.1, -0.05) is 38.1 Å². The highest BCUT2D eigenvalue weighted by Gasteiger charge is 2.29. The van der Waals surface area contributed by atoms with Crippen molar-refractivity contribution < 1.29 is 0 Å². The molecule has 3 heteroatoms. The van der Waals surface area contributed by atoms with Crippen molar-refractivity contribution in [2.75, 3.05) is 13.1 Å². The first kappa shape index (κ1) is 12.1. The third-order valence-electron chi connectivity index (χ3n) is 3.46. The van der Waals surface area contributed by atoms with Crippen LogP contribution in [0.1, 0.15) is 31.4 Å². The van der Waals surface area contributed by atoms with Crippen LogP contribution in [0.3, 0.4) is 0 Å².